The third-order valence-corrected chi connectivity index (χ3v) is 2.01. The van der Waals surface area contributed by atoms with E-state index in [2.05, 4.69) is 0 Å². The summed E-state index contributed by atoms with van der Waals surface area (Å²) in [6.07, 6.45) is 1.74. The van der Waals surface area contributed by atoms with Crippen molar-refractivity contribution in [3.05, 3.63) is 29.8 Å². The summed E-state index contributed by atoms with van der Waals surface area (Å²) >= 11 is 0. The van der Waals surface area contributed by atoms with Crippen molar-refractivity contribution in [2.45, 2.75) is 25.8 Å². The summed E-state index contributed by atoms with van der Waals surface area (Å²) in [6.45, 7) is 2.21. The molecule has 2 nitrogen and oxygen atoms in total. The maximum absolute atomic E-state index is 13.1. The van der Waals surface area contributed by atoms with E-state index in [0.29, 0.717) is 0 Å². The third-order valence-electron chi connectivity index (χ3n) is 2.01. The number of hydrogen-bond donors (Lipinski definition) is 1. The van der Waals surface area contributed by atoms with Crippen molar-refractivity contribution in [3.63, 3.8) is 0 Å². The zero-order chi connectivity index (χ0) is 11.3. The van der Waals surface area contributed by atoms with Gasteiger partial charge in [0.15, 0.2) is 11.6 Å². The fourth-order valence-corrected chi connectivity index (χ4v) is 1.24. The Hall–Kier alpha value is -1.16. The van der Waals surface area contributed by atoms with Crippen LogP contribution in [0.4, 0.5) is 8.78 Å². The largest absolute Gasteiger partial charge is 0.489 e. The first-order chi connectivity index (χ1) is 7.13. The molecule has 0 saturated heterocycles. The lowest BCUT2D eigenvalue weighted by molar-refractivity contribution is 0.268. The van der Waals surface area contributed by atoms with Crippen LogP contribution in [-0.4, -0.2) is 12.6 Å². The summed E-state index contributed by atoms with van der Waals surface area (Å²) in [5, 5.41) is 0. The predicted octanol–water partition coefficient (Wildman–Crippen LogP) is 2.47. The Morgan fingerprint density at radius 3 is 2.80 bits per heavy atom. The van der Waals surface area contributed by atoms with Crippen LogP contribution in [0.1, 0.15) is 19.8 Å². The highest BCUT2D eigenvalue weighted by Crippen LogP contribution is 2.18. The Balaban J connectivity index is 2.53. The molecular weight excluding hydrogens is 200 g/mol. The number of ether oxygens (including phenoxy) is 1. The van der Waals surface area contributed by atoms with Gasteiger partial charge in [-0.05, 0) is 18.6 Å². The van der Waals surface area contributed by atoms with E-state index >= 15 is 0 Å². The van der Waals surface area contributed by atoms with Crippen molar-refractivity contribution >= 4 is 0 Å². The molecule has 0 bridgehead atoms. The minimum atomic E-state index is -0.569. The number of hydrogen-bond acceptors (Lipinski definition) is 2. The van der Waals surface area contributed by atoms with Crippen LogP contribution in [-0.2, 0) is 0 Å². The van der Waals surface area contributed by atoms with E-state index in [1.807, 2.05) is 6.92 Å². The van der Waals surface area contributed by atoms with Crippen LogP contribution in [0.3, 0.4) is 0 Å². The molecule has 1 unspecified atom stereocenters. The molecule has 0 spiro atoms. The van der Waals surface area contributed by atoms with Crippen LogP contribution in [0.2, 0.25) is 0 Å². The van der Waals surface area contributed by atoms with E-state index in [0.717, 1.165) is 31.0 Å². The van der Waals surface area contributed by atoms with E-state index in [4.69, 9.17) is 10.5 Å². The zero-order valence-corrected chi connectivity index (χ0v) is 8.67. The molecule has 1 aromatic carbocycles. The number of benzene rings is 1. The molecule has 2 N–H and O–H groups in total. The van der Waals surface area contributed by atoms with E-state index < -0.39 is 11.6 Å². The first-order valence-corrected chi connectivity index (χ1v) is 4.97. The average Bonchev–Trinajstić information content (AvgIpc) is 2.20. The number of nitrogens with two attached hydrogens (primary N) is 1. The highest BCUT2D eigenvalue weighted by molar-refractivity contribution is 5.24. The van der Waals surface area contributed by atoms with Gasteiger partial charge in [-0.15, -0.1) is 0 Å². The van der Waals surface area contributed by atoms with Crippen molar-refractivity contribution in [2.75, 3.05) is 6.61 Å². The van der Waals surface area contributed by atoms with Crippen LogP contribution in [0.15, 0.2) is 18.2 Å². The summed E-state index contributed by atoms with van der Waals surface area (Å²) < 4.78 is 30.9. The summed E-state index contributed by atoms with van der Waals surface area (Å²) in [7, 11) is 0. The first-order valence-electron chi connectivity index (χ1n) is 4.97. The van der Waals surface area contributed by atoms with Crippen molar-refractivity contribution in [1.29, 1.82) is 0 Å². The van der Waals surface area contributed by atoms with Crippen LogP contribution >= 0.6 is 0 Å². The smallest absolute Gasteiger partial charge is 0.165 e. The normalized spacial score (nSPS) is 12.5. The van der Waals surface area contributed by atoms with Gasteiger partial charge in [0.2, 0.25) is 0 Å². The van der Waals surface area contributed by atoms with Crippen LogP contribution < -0.4 is 10.5 Å². The molecular formula is C11H15F2NO. The first kappa shape index (κ1) is 11.9. The molecule has 0 heterocycles. The molecule has 0 aliphatic rings. The van der Waals surface area contributed by atoms with Gasteiger partial charge in [-0.25, -0.2) is 8.78 Å². The Morgan fingerprint density at radius 1 is 1.40 bits per heavy atom. The zero-order valence-electron chi connectivity index (χ0n) is 8.67. The standard InChI is InChI=1S/C11H15F2NO/c1-2-3-9(14)7-15-11-6-8(12)4-5-10(11)13/h4-6,9H,2-3,7,14H2,1H3. The molecule has 1 rings (SSSR count). The molecule has 0 radical (unpaired) electrons. The second-order valence-electron chi connectivity index (χ2n) is 3.43. The lowest BCUT2D eigenvalue weighted by Gasteiger charge is -2.12. The maximum Gasteiger partial charge on any atom is 0.165 e. The molecule has 1 aromatic rings. The highest BCUT2D eigenvalue weighted by Gasteiger charge is 2.07. The van der Waals surface area contributed by atoms with Crippen molar-refractivity contribution in [1.82, 2.24) is 0 Å². The lowest BCUT2D eigenvalue weighted by atomic mass is 10.2. The molecule has 0 aromatic heterocycles. The van der Waals surface area contributed by atoms with Crippen LogP contribution in [0, 0.1) is 11.6 Å². The Kier molecular flexibility index (Phi) is 4.49. The average molecular weight is 215 g/mol. The van der Waals surface area contributed by atoms with E-state index in [-0.39, 0.29) is 18.4 Å². The van der Waals surface area contributed by atoms with Gasteiger partial charge in [-0.1, -0.05) is 13.3 Å². The van der Waals surface area contributed by atoms with Crippen molar-refractivity contribution in [2.24, 2.45) is 5.73 Å². The van der Waals surface area contributed by atoms with E-state index in [9.17, 15) is 8.78 Å². The molecule has 0 saturated carbocycles. The molecule has 15 heavy (non-hydrogen) atoms. The predicted molar refractivity (Wildman–Crippen MR) is 54.7 cm³/mol. The quantitative estimate of drug-likeness (QED) is 0.818. The van der Waals surface area contributed by atoms with Gasteiger partial charge >= 0.3 is 0 Å². The van der Waals surface area contributed by atoms with E-state index in [1.54, 1.807) is 0 Å². The summed E-state index contributed by atoms with van der Waals surface area (Å²) in [4.78, 5) is 0. The van der Waals surface area contributed by atoms with Crippen LogP contribution in [0.5, 0.6) is 5.75 Å². The second kappa shape index (κ2) is 5.66. The van der Waals surface area contributed by atoms with E-state index in [1.165, 1.54) is 0 Å². The molecule has 84 valence electrons. The van der Waals surface area contributed by atoms with Gasteiger partial charge < -0.3 is 10.5 Å². The van der Waals surface area contributed by atoms with Crippen molar-refractivity contribution < 1.29 is 13.5 Å². The molecule has 0 amide bonds. The van der Waals surface area contributed by atoms with Gasteiger partial charge in [0.1, 0.15) is 12.4 Å². The third kappa shape index (κ3) is 3.83. The topological polar surface area (TPSA) is 35.2 Å². The molecule has 1 atom stereocenters. The Labute approximate surface area is 88.0 Å². The van der Waals surface area contributed by atoms with Gasteiger partial charge in [0, 0.05) is 12.1 Å². The fourth-order valence-electron chi connectivity index (χ4n) is 1.24. The van der Waals surface area contributed by atoms with Gasteiger partial charge in [0.05, 0.1) is 0 Å². The molecule has 0 fully saturated rings. The summed E-state index contributed by atoms with van der Waals surface area (Å²) in [5.41, 5.74) is 5.68. The SMILES string of the molecule is CCCC(N)COc1cc(F)ccc1F. The van der Waals surface area contributed by atoms with Gasteiger partial charge in [-0.3, -0.25) is 0 Å². The lowest BCUT2D eigenvalue weighted by Crippen LogP contribution is -2.27. The molecule has 0 aliphatic heterocycles. The highest BCUT2D eigenvalue weighted by atomic mass is 19.1. The number of rotatable bonds is 5. The van der Waals surface area contributed by atoms with Gasteiger partial charge in [-0.2, -0.15) is 0 Å². The van der Waals surface area contributed by atoms with Crippen LogP contribution in [0.25, 0.3) is 0 Å². The fraction of sp³-hybridized carbons (Fsp3) is 0.455. The Morgan fingerprint density at radius 2 is 2.13 bits per heavy atom. The summed E-state index contributed by atoms with van der Waals surface area (Å²) in [6, 6.07) is 2.97. The number of halogens is 2. The second-order valence-corrected chi connectivity index (χ2v) is 3.43. The van der Waals surface area contributed by atoms with Gasteiger partial charge in [0.25, 0.3) is 0 Å². The van der Waals surface area contributed by atoms with Crippen molar-refractivity contribution in [3.8, 4) is 5.75 Å². The monoisotopic (exact) mass is 215 g/mol. The minimum absolute atomic E-state index is 0.0819. The summed E-state index contributed by atoms with van der Waals surface area (Å²) in [5.74, 6) is -1.17. The minimum Gasteiger partial charge on any atom is -0.489 e. The molecule has 0 aliphatic carbocycles. The molecule has 4 heteroatoms. The Bertz CT molecular complexity index is 317. The maximum atomic E-state index is 13.1.